The Morgan fingerprint density at radius 3 is 1.35 bits per heavy atom. The summed E-state index contributed by atoms with van der Waals surface area (Å²) in [4.78, 5) is 0.404. The van der Waals surface area contributed by atoms with Crippen LogP contribution in [0.2, 0.25) is 0 Å². The fourth-order valence-electron chi connectivity index (χ4n) is 1.92. The molecule has 2 aromatic rings. The van der Waals surface area contributed by atoms with Gasteiger partial charge in [0.15, 0.2) is 0 Å². The first-order valence-corrected chi connectivity index (χ1v) is 8.67. The number of ether oxygens (including phenoxy) is 2. The highest BCUT2D eigenvalue weighted by Crippen LogP contribution is 2.24. The molecule has 0 aliphatic carbocycles. The lowest BCUT2D eigenvalue weighted by Gasteiger charge is -2.08. The Balaban J connectivity index is 2.17. The molecular formula is C16H20N2O4S. The van der Waals surface area contributed by atoms with E-state index >= 15 is 0 Å². The van der Waals surface area contributed by atoms with Crippen LogP contribution in [-0.4, -0.2) is 34.7 Å². The van der Waals surface area contributed by atoms with Gasteiger partial charge in [0.05, 0.1) is 9.79 Å². The van der Waals surface area contributed by atoms with Crippen LogP contribution in [0.4, 0.5) is 0 Å². The van der Waals surface area contributed by atoms with Gasteiger partial charge in [-0.15, -0.1) is 0 Å². The van der Waals surface area contributed by atoms with E-state index in [2.05, 4.69) is 0 Å². The zero-order valence-electron chi connectivity index (χ0n) is 12.6. The van der Waals surface area contributed by atoms with E-state index in [1.807, 2.05) is 0 Å². The molecule has 0 saturated carbocycles. The van der Waals surface area contributed by atoms with E-state index in [1.54, 1.807) is 24.3 Å². The van der Waals surface area contributed by atoms with Crippen LogP contribution in [0.25, 0.3) is 0 Å². The Hall–Kier alpha value is -2.09. The molecule has 0 radical (unpaired) electrons. The number of nitrogens with two attached hydrogens (primary N) is 2. The summed E-state index contributed by atoms with van der Waals surface area (Å²) in [6, 6.07) is 12.5. The van der Waals surface area contributed by atoms with Gasteiger partial charge in [-0.25, -0.2) is 8.42 Å². The Bertz CT molecular complexity index is 655. The molecule has 0 unspecified atom stereocenters. The molecule has 6 nitrogen and oxygen atoms in total. The number of rotatable bonds is 8. The maximum Gasteiger partial charge on any atom is 0.206 e. The van der Waals surface area contributed by atoms with Crippen LogP contribution in [0.15, 0.2) is 58.3 Å². The fraction of sp³-hybridized carbons (Fsp3) is 0.250. The van der Waals surface area contributed by atoms with Crippen molar-refractivity contribution in [2.45, 2.75) is 9.79 Å². The largest absolute Gasteiger partial charge is 0.492 e. The van der Waals surface area contributed by atoms with E-state index in [-0.39, 0.29) is 9.79 Å². The Labute approximate surface area is 135 Å². The smallest absolute Gasteiger partial charge is 0.206 e. The van der Waals surface area contributed by atoms with Crippen molar-refractivity contribution in [2.75, 3.05) is 26.3 Å². The highest BCUT2D eigenvalue weighted by molar-refractivity contribution is 7.91. The molecule has 0 fully saturated rings. The third kappa shape index (κ3) is 4.44. The van der Waals surface area contributed by atoms with Crippen molar-refractivity contribution in [1.82, 2.24) is 0 Å². The average molecular weight is 336 g/mol. The zero-order valence-corrected chi connectivity index (χ0v) is 13.5. The van der Waals surface area contributed by atoms with Crippen LogP contribution in [0.3, 0.4) is 0 Å². The van der Waals surface area contributed by atoms with Crippen LogP contribution in [0, 0.1) is 0 Å². The number of hydrogen-bond acceptors (Lipinski definition) is 6. The summed E-state index contributed by atoms with van der Waals surface area (Å²) in [5, 5.41) is 0. The Morgan fingerprint density at radius 2 is 1.04 bits per heavy atom. The second-order valence-electron chi connectivity index (χ2n) is 4.72. The van der Waals surface area contributed by atoms with Gasteiger partial charge in [0, 0.05) is 13.1 Å². The van der Waals surface area contributed by atoms with E-state index < -0.39 is 9.84 Å². The second kappa shape index (κ2) is 7.96. The van der Waals surface area contributed by atoms with E-state index in [0.717, 1.165) is 0 Å². The predicted octanol–water partition coefficient (Wildman–Crippen LogP) is 1.19. The number of sulfone groups is 1. The van der Waals surface area contributed by atoms with Gasteiger partial charge in [-0.1, -0.05) is 0 Å². The van der Waals surface area contributed by atoms with E-state index in [1.165, 1.54) is 24.3 Å². The van der Waals surface area contributed by atoms with Crippen molar-refractivity contribution >= 4 is 9.84 Å². The molecule has 23 heavy (non-hydrogen) atoms. The minimum absolute atomic E-state index is 0.202. The minimum Gasteiger partial charge on any atom is -0.492 e. The lowest BCUT2D eigenvalue weighted by atomic mass is 10.3. The molecule has 2 aromatic carbocycles. The summed E-state index contributed by atoms with van der Waals surface area (Å²) >= 11 is 0. The SMILES string of the molecule is NCCOc1ccc(S(=O)(=O)c2ccc(OCCN)cc2)cc1. The number of hydrogen-bond donors (Lipinski definition) is 2. The molecule has 0 atom stereocenters. The van der Waals surface area contributed by atoms with Crippen LogP contribution in [-0.2, 0) is 9.84 Å². The van der Waals surface area contributed by atoms with E-state index in [4.69, 9.17) is 20.9 Å². The maximum absolute atomic E-state index is 12.6. The summed E-state index contributed by atoms with van der Waals surface area (Å²) in [6.45, 7) is 1.57. The highest BCUT2D eigenvalue weighted by Gasteiger charge is 2.17. The maximum atomic E-state index is 12.6. The third-order valence-corrected chi connectivity index (χ3v) is 4.83. The monoisotopic (exact) mass is 336 g/mol. The molecule has 0 aromatic heterocycles. The molecule has 0 aliphatic rings. The number of benzene rings is 2. The normalized spacial score (nSPS) is 11.2. The van der Waals surface area contributed by atoms with Crippen molar-refractivity contribution < 1.29 is 17.9 Å². The molecule has 0 bridgehead atoms. The minimum atomic E-state index is -3.57. The van der Waals surface area contributed by atoms with Crippen molar-refractivity contribution in [3.8, 4) is 11.5 Å². The third-order valence-electron chi connectivity index (χ3n) is 3.04. The van der Waals surface area contributed by atoms with E-state index in [0.29, 0.717) is 37.8 Å². The molecule has 0 saturated heterocycles. The Morgan fingerprint density at radius 1 is 0.696 bits per heavy atom. The molecule has 7 heteroatoms. The quantitative estimate of drug-likeness (QED) is 0.750. The van der Waals surface area contributed by atoms with Crippen LogP contribution < -0.4 is 20.9 Å². The van der Waals surface area contributed by atoms with Crippen LogP contribution in [0.1, 0.15) is 0 Å². The summed E-state index contributed by atoms with van der Waals surface area (Å²) in [5.41, 5.74) is 10.7. The molecule has 2 rings (SSSR count). The van der Waals surface area contributed by atoms with Crippen molar-refractivity contribution in [1.29, 1.82) is 0 Å². The van der Waals surface area contributed by atoms with Gasteiger partial charge < -0.3 is 20.9 Å². The lowest BCUT2D eigenvalue weighted by molar-refractivity contribution is 0.328. The Kier molecular flexibility index (Phi) is 5.97. The summed E-state index contributed by atoms with van der Waals surface area (Å²) in [5.74, 6) is 1.17. The van der Waals surface area contributed by atoms with Crippen LogP contribution in [0.5, 0.6) is 11.5 Å². The molecule has 4 N–H and O–H groups in total. The standard InChI is InChI=1S/C16H20N2O4S/c17-9-11-21-13-1-5-15(6-2-13)23(19,20)16-7-3-14(4-8-16)22-12-10-18/h1-8H,9-12,17-18H2. The summed E-state index contributed by atoms with van der Waals surface area (Å²) in [7, 11) is -3.57. The molecule has 0 spiro atoms. The molecule has 0 heterocycles. The first-order chi connectivity index (χ1) is 11.1. The van der Waals surface area contributed by atoms with Crippen LogP contribution >= 0.6 is 0 Å². The lowest BCUT2D eigenvalue weighted by Crippen LogP contribution is -2.11. The first kappa shape index (κ1) is 17.3. The summed E-state index contributed by atoms with van der Waals surface area (Å²) in [6.07, 6.45) is 0. The fourth-order valence-corrected chi connectivity index (χ4v) is 3.18. The van der Waals surface area contributed by atoms with Crippen molar-refractivity contribution in [3.05, 3.63) is 48.5 Å². The van der Waals surface area contributed by atoms with Gasteiger partial charge >= 0.3 is 0 Å². The van der Waals surface area contributed by atoms with Gasteiger partial charge in [0.25, 0.3) is 0 Å². The highest BCUT2D eigenvalue weighted by atomic mass is 32.2. The predicted molar refractivity (Wildman–Crippen MR) is 87.4 cm³/mol. The summed E-state index contributed by atoms with van der Waals surface area (Å²) < 4.78 is 35.8. The molecular weight excluding hydrogens is 316 g/mol. The molecule has 0 aliphatic heterocycles. The van der Waals surface area contributed by atoms with Crippen molar-refractivity contribution in [2.24, 2.45) is 11.5 Å². The second-order valence-corrected chi connectivity index (χ2v) is 6.67. The van der Waals surface area contributed by atoms with Crippen molar-refractivity contribution in [3.63, 3.8) is 0 Å². The van der Waals surface area contributed by atoms with Gasteiger partial charge in [0.1, 0.15) is 24.7 Å². The van der Waals surface area contributed by atoms with Gasteiger partial charge in [-0.2, -0.15) is 0 Å². The van der Waals surface area contributed by atoms with Gasteiger partial charge in [0.2, 0.25) is 9.84 Å². The topological polar surface area (TPSA) is 105 Å². The molecule has 124 valence electrons. The van der Waals surface area contributed by atoms with Gasteiger partial charge in [-0.3, -0.25) is 0 Å². The average Bonchev–Trinajstić information content (AvgIpc) is 2.59. The first-order valence-electron chi connectivity index (χ1n) is 7.19. The van der Waals surface area contributed by atoms with E-state index in [9.17, 15) is 8.42 Å². The van der Waals surface area contributed by atoms with Gasteiger partial charge in [-0.05, 0) is 48.5 Å². The zero-order chi connectivity index (χ0) is 16.7. The molecule has 0 amide bonds.